The lowest BCUT2D eigenvalue weighted by Crippen LogP contribution is -2.29. The first kappa shape index (κ1) is 32.8. The molecule has 1 atom stereocenters. The molecule has 12 heteroatoms. The number of rotatable bonds is 13. The Morgan fingerprint density at radius 2 is 1.68 bits per heavy atom. The number of hydrogen-bond acceptors (Lipinski definition) is 11. The minimum Gasteiger partial charge on any atom is -0.490 e. The largest absolute Gasteiger partial charge is 0.490 e. The number of nitriles is 2. The van der Waals surface area contributed by atoms with Crippen LogP contribution in [0.25, 0.3) is 21.7 Å². The molecule has 4 aromatic rings. The number of nitrogens with two attached hydrogens (primary N) is 1. The fourth-order valence-electron chi connectivity index (χ4n) is 4.30. The Kier molecular flexibility index (Phi) is 11.6. The normalized spacial score (nSPS) is 11.3. The summed E-state index contributed by atoms with van der Waals surface area (Å²) in [7, 11) is 0. The SMILES string of the molecule is CCN(CC)c1nc(SCc2csc(-c3ccc(Cl)cc3)n2)c(C#N)c(-c2ccc(OCCOC(=O)[C@H](C)N)cc2)c1C#N. The summed E-state index contributed by atoms with van der Waals surface area (Å²) in [6, 6.07) is 18.6. The van der Waals surface area contributed by atoms with Crippen LogP contribution in [0.5, 0.6) is 5.75 Å². The number of nitrogens with zero attached hydrogens (tertiary/aromatic N) is 5. The second-order valence-electron chi connectivity index (χ2n) is 9.53. The van der Waals surface area contributed by atoms with Gasteiger partial charge in [0, 0.05) is 40.4 Å². The lowest BCUT2D eigenvalue weighted by molar-refractivity contribution is -0.145. The van der Waals surface area contributed by atoms with Gasteiger partial charge in [-0.1, -0.05) is 47.6 Å². The van der Waals surface area contributed by atoms with E-state index in [2.05, 4.69) is 12.1 Å². The van der Waals surface area contributed by atoms with Crippen molar-refractivity contribution in [3.05, 3.63) is 75.8 Å². The molecule has 44 heavy (non-hydrogen) atoms. The maximum atomic E-state index is 11.5. The fraction of sp³-hybridized carbons (Fsp3) is 0.281. The minimum absolute atomic E-state index is 0.0671. The second kappa shape index (κ2) is 15.6. The number of ether oxygens (including phenoxy) is 2. The first-order valence-electron chi connectivity index (χ1n) is 13.9. The molecule has 9 nitrogen and oxygen atoms in total. The van der Waals surface area contributed by atoms with Crippen molar-refractivity contribution in [2.45, 2.75) is 37.6 Å². The van der Waals surface area contributed by atoms with Crippen LogP contribution in [0.4, 0.5) is 5.82 Å². The zero-order chi connectivity index (χ0) is 31.6. The van der Waals surface area contributed by atoms with Crippen molar-refractivity contribution in [3.63, 3.8) is 0 Å². The predicted molar refractivity (Wildman–Crippen MR) is 175 cm³/mol. The maximum Gasteiger partial charge on any atom is 0.322 e. The lowest BCUT2D eigenvalue weighted by Gasteiger charge is -2.24. The summed E-state index contributed by atoms with van der Waals surface area (Å²) in [4.78, 5) is 23.2. The van der Waals surface area contributed by atoms with E-state index in [4.69, 9.17) is 36.8 Å². The summed E-state index contributed by atoms with van der Waals surface area (Å²) >= 11 is 8.99. The van der Waals surface area contributed by atoms with Crippen LogP contribution in [-0.4, -0.2) is 48.3 Å². The molecule has 0 bridgehead atoms. The van der Waals surface area contributed by atoms with Crippen LogP contribution in [0.15, 0.2) is 58.9 Å². The molecule has 0 fully saturated rings. The molecule has 2 aromatic carbocycles. The van der Waals surface area contributed by atoms with Gasteiger partial charge in [-0.25, -0.2) is 9.97 Å². The monoisotopic (exact) mass is 646 g/mol. The number of pyridine rings is 1. The number of aromatic nitrogens is 2. The van der Waals surface area contributed by atoms with Crippen molar-refractivity contribution >= 4 is 46.5 Å². The Morgan fingerprint density at radius 3 is 2.30 bits per heavy atom. The van der Waals surface area contributed by atoms with Crippen LogP contribution in [-0.2, 0) is 15.3 Å². The van der Waals surface area contributed by atoms with Crippen LogP contribution in [0.2, 0.25) is 5.02 Å². The van der Waals surface area contributed by atoms with Crippen molar-refractivity contribution in [3.8, 4) is 39.6 Å². The number of anilines is 1. The predicted octanol–water partition coefficient (Wildman–Crippen LogP) is 6.68. The van der Waals surface area contributed by atoms with Gasteiger partial charge < -0.3 is 20.1 Å². The minimum atomic E-state index is -0.698. The van der Waals surface area contributed by atoms with Gasteiger partial charge in [0.2, 0.25) is 0 Å². The summed E-state index contributed by atoms with van der Waals surface area (Å²) in [5.41, 5.74) is 9.22. The first-order valence-corrected chi connectivity index (χ1v) is 16.2. The Morgan fingerprint density at radius 1 is 1.02 bits per heavy atom. The lowest BCUT2D eigenvalue weighted by atomic mass is 9.96. The van der Waals surface area contributed by atoms with E-state index >= 15 is 0 Å². The molecule has 0 radical (unpaired) electrons. The van der Waals surface area contributed by atoms with Gasteiger partial charge in [0.15, 0.2) is 0 Å². The number of thioether (sulfide) groups is 1. The van der Waals surface area contributed by atoms with Crippen LogP contribution in [0, 0.1) is 22.7 Å². The molecule has 226 valence electrons. The van der Waals surface area contributed by atoms with E-state index in [1.54, 1.807) is 31.2 Å². The average molecular weight is 647 g/mol. The molecule has 0 spiro atoms. The third-order valence-corrected chi connectivity index (χ3v) is 8.74. The highest BCUT2D eigenvalue weighted by Gasteiger charge is 2.24. The molecule has 0 saturated carbocycles. The molecule has 4 rings (SSSR count). The first-order chi connectivity index (χ1) is 21.3. The molecule has 0 aliphatic carbocycles. The molecular weight excluding hydrogens is 616 g/mol. The van der Waals surface area contributed by atoms with Crippen molar-refractivity contribution in [1.29, 1.82) is 10.5 Å². The topological polar surface area (TPSA) is 138 Å². The van der Waals surface area contributed by atoms with Gasteiger partial charge in [-0.05, 0) is 50.6 Å². The fourth-order valence-corrected chi connectivity index (χ4v) is 6.23. The van der Waals surface area contributed by atoms with Crippen LogP contribution >= 0.6 is 34.7 Å². The highest BCUT2D eigenvalue weighted by molar-refractivity contribution is 7.98. The molecule has 0 unspecified atom stereocenters. The molecule has 0 saturated heterocycles. The van der Waals surface area contributed by atoms with Crippen molar-refractivity contribution in [2.75, 3.05) is 31.2 Å². The summed E-state index contributed by atoms with van der Waals surface area (Å²) in [6.07, 6.45) is 0. The molecule has 2 heterocycles. The van der Waals surface area contributed by atoms with Gasteiger partial charge in [0.05, 0.1) is 11.3 Å². The molecule has 2 aromatic heterocycles. The van der Waals surface area contributed by atoms with E-state index in [9.17, 15) is 15.3 Å². The zero-order valence-electron chi connectivity index (χ0n) is 24.5. The van der Waals surface area contributed by atoms with E-state index in [1.165, 1.54) is 23.1 Å². The van der Waals surface area contributed by atoms with Crippen LogP contribution in [0.1, 0.15) is 37.6 Å². The summed E-state index contributed by atoms with van der Waals surface area (Å²) in [5, 5.41) is 24.7. The van der Waals surface area contributed by atoms with Crippen molar-refractivity contribution in [2.24, 2.45) is 5.73 Å². The van der Waals surface area contributed by atoms with Crippen LogP contribution in [0.3, 0.4) is 0 Å². The Labute approximate surface area is 270 Å². The third kappa shape index (κ3) is 7.87. The van der Waals surface area contributed by atoms with E-state index in [0.717, 1.165) is 16.3 Å². The number of carbonyl (C=O) groups is 1. The van der Waals surface area contributed by atoms with E-state index in [0.29, 0.717) is 62.7 Å². The van der Waals surface area contributed by atoms with Crippen molar-refractivity contribution < 1.29 is 14.3 Å². The Bertz CT molecular complexity index is 1670. The van der Waals surface area contributed by atoms with Gasteiger partial charge >= 0.3 is 5.97 Å². The van der Waals surface area contributed by atoms with E-state index < -0.39 is 12.0 Å². The summed E-state index contributed by atoms with van der Waals surface area (Å²) in [6.45, 7) is 7.07. The second-order valence-corrected chi connectivity index (χ2v) is 11.8. The van der Waals surface area contributed by atoms with Gasteiger partial charge in [0.1, 0.15) is 58.6 Å². The molecule has 0 aliphatic heterocycles. The molecular formula is C32H31ClN6O3S2. The Hall–Kier alpha value is -4.13. The maximum absolute atomic E-state index is 11.5. The Balaban J connectivity index is 1.63. The highest BCUT2D eigenvalue weighted by atomic mass is 35.5. The summed E-state index contributed by atoms with van der Waals surface area (Å²) < 4.78 is 10.8. The molecule has 0 aliphatic rings. The highest BCUT2D eigenvalue weighted by Crippen LogP contribution is 2.39. The molecule has 0 amide bonds. The number of halogens is 1. The van der Waals surface area contributed by atoms with Crippen molar-refractivity contribution in [1.82, 2.24) is 9.97 Å². The average Bonchev–Trinajstić information content (AvgIpc) is 3.51. The standard InChI is InChI=1S/C32H31ClN6O3S2/c1-4-39(5-2)29-26(16-34)28(21-8-12-25(13-9-21)41-14-15-42-32(40)20(3)36)27(17-35)31(38-29)44-19-24-18-43-30(37-24)22-6-10-23(33)11-7-22/h6-13,18,20H,4-5,14-15,19,36H2,1-3H3/t20-/m0/s1. The van der Waals surface area contributed by atoms with Crippen LogP contribution < -0.4 is 15.4 Å². The summed E-state index contributed by atoms with van der Waals surface area (Å²) in [5.74, 6) is 1.08. The van der Waals surface area contributed by atoms with Gasteiger partial charge in [0.25, 0.3) is 0 Å². The van der Waals surface area contributed by atoms with E-state index in [1.807, 2.05) is 48.4 Å². The number of thiazole rings is 1. The number of carbonyl (C=O) groups excluding carboxylic acids is 1. The number of esters is 1. The zero-order valence-corrected chi connectivity index (χ0v) is 26.9. The molecule has 2 N–H and O–H groups in total. The smallest absolute Gasteiger partial charge is 0.322 e. The number of benzene rings is 2. The van der Waals surface area contributed by atoms with Gasteiger partial charge in [-0.3, -0.25) is 4.79 Å². The van der Waals surface area contributed by atoms with E-state index in [-0.39, 0.29) is 13.2 Å². The third-order valence-electron chi connectivity index (χ3n) is 6.54. The number of hydrogen-bond donors (Lipinski definition) is 1. The van der Waals surface area contributed by atoms with Gasteiger partial charge in [-0.2, -0.15) is 10.5 Å². The quantitative estimate of drug-likeness (QED) is 0.0951. The van der Waals surface area contributed by atoms with Gasteiger partial charge in [-0.15, -0.1) is 11.3 Å².